The minimum absolute atomic E-state index is 0.0871. The van der Waals surface area contributed by atoms with Gasteiger partial charge in [-0.2, -0.15) is 0 Å². The number of sulfonamides is 1. The number of carbonyl (C=O) groups excluding carboxylic acids is 1. The fourth-order valence-corrected chi connectivity index (χ4v) is 6.13. The van der Waals surface area contributed by atoms with Gasteiger partial charge in [-0.05, 0) is 82.5 Å². The van der Waals surface area contributed by atoms with Crippen LogP contribution in [0, 0.1) is 0 Å². The van der Waals surface area contributed by atoms with Crippen LogP contribution < -0.4 is 26.0 Å². The third kappa shape index (κ3) is 8.30. The number of rotatable bonds is 11. The summed E-state index contributed by atoms with van der Waals surface area (Å²) in [7, 11) is -2.02. The maximum absolute atomic E-state index is 13.2. The van der Waals surface area contributed by atoms with E-state index < -0.39 is 10.0 Å². The minimum atomic E-state index is -3.84. The van der Waals surface area contributed by atoms with E-state index in [-0.39, 0.29) is 23.4 Å². The molecule has 0 bridgehead atoms. The number of anilines is 2. The van der Waals surface area contributed by atoms with Crippen molar-refractivity contribution in [3.63, 3.8) is 0 Å². The van der Waals surface area contributed by atoms with E-state index in [1.165, 1.54) is 24.3 Å². The second kappa shape index (κ2) is 13.1. The van der Waals surface area contributed by atoms with Crippen LogP contribution in [-0.2, 0) is 14.8 Å². The van der Waals surface area contributed by atoms with Gasteiger partial charge < -0.3 is 21.3 Å². The van der Waals surface area contributed by atoms with Gasteiger partial charge in [-0.1, -0.05) is 6.07 Å². The standard InChI is InChI=1S/C25H32N6O3S3/c1-16(2)29-25(35)31-19-8-6-18(7-9-19)24-27-15-22(36-24)21-11-10-20(30-17(3)32)14-23(21)37(33,34)28-13-5-12-26-4/h6-11,14-16,26,28H,5,12-13H2,1-4H3,(H,30,32)(H2,29,31,35). The van der Waals surface area contributed by atoms with Gasteiger partial charge >= 0.3 is 0 Å². The van der Waals surface area contributed by atoms with Gasteiger partial charge in [0.1, 0.15) is 5.01 Å². The smallest absolute Gasteiger partial charge is 0.241 e. The van der Waals surface area contributed by atoms with E-state index in [0.717, 1.165) is 16.3 Å². The highest BCUT2D eigenvalue weighted by Crippen LogP contribution is 2.37. The Balaban J connectivity index is 1.88. The lowest BCUT2D eigenvalue weighted by Crippen LogP contribution is -2.33. The molecule has 0 spiro atoms. The highest BCUT2D eigenvalue weighted by atomic mass is 32.2. The molecule has 0 saturated heterocycles. The number of carbonyl (C=O) groups is 1. The molecule has 198 valence electrons. The molecular formula is C25H32N6O3S3. The Hall–Kier alpha value is -2.90. The van der Waals surface area contributed by atoms with Crippen molar-refractivity contribution in [3.8, 4) is 21.0 Å². The van der Waals surface area contributed by atoms with Crippen molar-refractivity contribution in [2.24, 2.45) is 0 Å². The number of nitrogens with one attached hydrogen (secondary N) is 5. The third-order valence-electron chi connectivity index (χ3n) is 5.07. The maximum Gasteiger partial charge on any atom is 0.241 e. The van der Waals surface area contributed by atoms with E-state index in [2.05, 4.69) is 31.0 Å². The Bertz CT molecular complexity index is 1340. The van der Waals surface area contributed by atoms with Crippen molar-refractivity contribution >= 4 is 56.0 Å². The molecule has 0 fully saturated rings. The first-order valence-electron chi connectivity index (χ1n) is 11.8. The van der Waals surface area contributed by atoms with Gasteiger partial charge in [-0.15, -0.1) is 11.3 Å². The average Bonchev–Trinajstić information content (AvgIpc) is 3.31. The van der Waals surface area contributed by atoms with Crippen LogP contribution in [0.3, 0.4) is 0 Å². The highest BCUT2D eigenvalue weighted by Gasteiger charge is 2.22. The summed E-state index contributed by atoms with van der Waals surface area (Å²) in [5.74, 6) is -0.281. The van der Waals surface area contributed by atoms with Crippen LogP contribution in [0.4, 0.5) is 11.4 Å². The lowest BCUT2D eigenvalue weighted by molar-refractivity contribution is -0.114. The van der Waals surface area contributed by atoms with Gasteiger partial charge in [0.05, 0.1) is 9.77 Å². The normalized spacial score (nSPS) is 11.4. The number of aromatic nitrogens is 1. The summed E-state index contributed by atoms with van der Waals surface area (Å²) in [5, 5.41) is 13.2. The third-order valence-corrected chi connectivity index (χ3v) is 7.87. The fourth-order valence-electron chi connectivity index (χ4n) is 3.44. The molecule has 2 aromatic carbocycles. The molecule has 12 heteroatoms. The number of benzene rings is 2. The van der Waals surface area contributed by atoms with E-state index in [1.54, 1.807) is 18.3 Å². The molecule has 0 saturated carbocycles. The molecule has 9 nitrogen and oxygen atoms in total. The summed E-state index contributed by atoms with van der Waals surface area (Å²) in [6.07, 6.45) is 2.31. The summed E-state index contributed by atoms with van der Waals surface area (Å²) < 4.78 is 29.1. The van der Waals surface area contributed by atoms with Crippen molar-refractivity contribution < 1.29 is 13.2 Å². The molecular weight excluding hydrogens is 529 g/mol. The molecule has 0 radical (unpaired) electrons. The Morgan fingerprint density at radius 3 is 2.41 bits per heavy atom. The molecule has 0 aliphatic heterocycles. The van der Waals surface area contributed by atoms with Crippen LogP contribution in [-0.4, -0.2) is 50.6 Å². The molecule has 1 aromatic heterocycles. The summed E-state index contributed by atoms with van der Waals surface area (Å²) >= 11 is 6.69. The second-order valence-corrected chi connectivity index (χ2v) is 11.8. The Morgan fingerprint density at radius 1 is 1.05 bits per heavy atom. The van der Waals surface area contributed by atoms with Gasteiger partial charge in [0, 0.05) is 48.2 Å². The molecule has 0 atom stereocenters. The Kier molecular flexibility index (Phi) is 10.1. The maximum atomic E-state index is 13.2. The molecule has 3 rings (SSSR count). The fraction of sp³-hybridized carbons (Fsp3) is 0.320. The minimum Gasteiger partial charge on any atom is -0.360 e. The van der Waals surface area contributed by atoms with Crippen molar-refractivity contribution in [1.82, 2.24) is 20.3 Å². The van der Waals surface area contributed by atoms with E-state index >= 15 is 0 Å². The summed E-state index contributed by atoms with van der Waals surface area (Å²) in [6.45, 7) is 6.39. The van der Waals surface area contributed by atoms with Crippen molar-refractivity contribution in [2.75, 3.05) is 30.8 Å². The number of amides is 1. The molecule has 37 heavy (non-hydrogen) atoms. The number of thiocarbonyl (C=S) groups is 1. The first-order valence-corrected chi connectivity index (χ1v) is 14.5. The molecule has 5 N–H and O–H groups in total. The first kappa shape index (κ1) is 28.7. The number of hydrogen-bond acceptors (Lipinski definition) is 7. The van der Waals surface area contributed by atoms with Crippen LogP contribution >= 0.6 is 23.6 Å². The quantitative estimate of drug-likeness (QED) is 0.176. The van der Waals surface area contributed by atoms with Crippen LogP contribution in [0.1, 0.15) is 27.2 Å². The molecule has 3 aromatic rings. The second-order valence-electron chi connectivity index (χ2n) is 8.61. The molecule has 1 heterocycles. The molecule has 0 aliphatic rings. The van der Waals surface area contributed by atoms with Gasteiger partial charge in [-0.25, -0.2) is 18.1 Å². The highest BCUT2D eigenvalue weighted by molar-refractivity contribution is 7.89. The zero-order valence-corrected chi connectivity index (χ0v) is 23.7. The van der Waals surface area contributed by atoms with Crippen molar-refractivity contribution in [1.29, 1.82) is 0 Å². The van der Waals surface area contributed by atoms with Gasteiger partial charge in [0.25, 0.3) is 0 Å². The van der Waals surface area contributed by atoms with E-state index in [0.29, 0.717) is 34.2 Å². The number of hydrogen-bond donors (Lipinski definition) is 5. The van der Waals surface area contributed by atoms with Crippen molar-refractivity contribution in [2.45, 2.75) is 38.1 Å². The summed E-state index contributed by atoms with van der Waals surface area (Å²) in [6, 6.07) is 12.8. The summed E-state index contributed by atoms with van der Waals surface area (Å²) in [5.41, 5.74) is 2.67. The average molecular weight is 561 g/mol. The van der Waals surface area contributed by atoms with Gasteiger partial charge in [0.15, 0.2) is 5.11 Å². The van der Waals surface area contributed by atoms with E-state index in [1.807, 2.05) is 45.2 Å². The zero-order valence-electron chi connectivity index (χ0n) is 21.2. The van der Waals surface area contributed by atoms with E-state index in [9.17, 15) is 13.2 Å². The van der Waals surface area contributed by atoms with Gasteiger partial charge in [0.2, 0.25) is 15.9 Å². The lowest BCUT2D eigenvalue weighted by Gasteiger charge is -2.13. The number of thiazole rings is 1. The molecule has 0 aliphatic carbocycles. The van der Waals surface area contributed by atoms with E-state index in [4.69, 9.17) is 12.2 Å². The topological polar surface area (TPSA) is 124 Å². The predicted octanol–water partition coefficient (Wildman–Crippen LogP) is 4.02. The SMILES string of the molecule is CNCCCNS(=O)(=O)c1cc(NC(C)=O)ccc1-c1cnc(-c2ccc(NC(=S)NC(C)C)cc2)s1. The lowest BCUT2D eigenvalue weighted by atomic mass is 10.2. The van der Waals surface area contributed by atoms with Gasteiger partial charge in [-0.3, -0.25) is 4.79 Å². The first-order chi connectivity index (χ1) is 17.6. The zero-order chi connectivity index (χ0) is 27.0. The van der Waals surface area contributed by atoms with Crippen LogP contribution in [0.25, 0.3) is 21.0 Å². The largest absolute Gasteiger partial charge is 0.360 e. The van der Waals surface area contributed by atoms with Crippen LogP contribution in [0.15, 0.2) is 53.6 Å². The van der Waals surface area contributed by atoms with Crippen LogP contribution in [0.2, 0.25) is 0 Å². The van der Waals surface area contributed by atoms with Crippen LogP contribution in [0.5, 0.6) is 0 Å². The number of nitrogens with zero attached hydrogens (tertiary/aromatic N) is 1. The predicted molar refractivity (Wildman–Crippen MR) is 156 cm³/mol. The molecule has 1 amide bonds. The molecule has 0 unspecified atom stereocenters. The van der Waals surface area contributed by atoms with Crippen molar-refractivity contribution in [3.05, 3.63) is 48.7 Å². The Labute approximate surface area is 227 Å². The monoisotopic (exact) mass is 560 g/mol. The summed E-state index contributed by atoms with van der Waals surface area (Å²) in [4.78, 5) is 16.9. The Morgan fingerprint density at radius 2 is 1.76 bits per heavy atom.